The summed E-state index contributed by atoms with van der Waals surface area (Å²) in [4.78, 5) is 2.35. The Balaban J connectivity index is 3.37. The molecule has 0 aliphatic rings. The van der Waals surface area contributed by atoms with Crippen LogP contribution < -0.4 is 0 Å². The zero-order valence-corrected chi connectivity index (χ0v) is 9.71. The summed E-state index contributed by atoms with van der Waals surface area (Å²) in [6, 6.07) is 0. The number of ether oxygens (including phenoxy) is 2. The summed E-state index contributed by atoms with van der Waals surface area (Å²) < 4.78 is 10.3. The van der Waals surface area contributed by atoms with E-state index < -0.39 is 0 Å². The Morgan fingerprint density at radius 1 is 1.29 bits per heavy atom. The van der Waals surface area contributed by atoms with Gasteiger partial charge in [0.1, 0.15) is 0 Å². The number of nitrogens with zero attached hydrogens (tertiary/aromatic N) is 1. The Morgan fingerprint density at radius 3 is 2.50 bits per heavy atom. The van der Waals surface area contributed by atoms with E-state index in [1.54, 1.807) is 7.11 Å². The van der Waals surface area contributed by atoms with Crippen molar-refractivity contribution in [3.05, 3.63) is 12.3 Å². The topological polar surface area (TPSA) is 21.7 Å². The number of hydrogen-bond acceptors (Lipinski definition) is 3. The van der Waals surface area contributed by atoms with Crippen molar-refractivity contribution >= 4 is 0 Å². The molecule has 3 nitrogen and oxygen atoms in total. The first-order valence-corrected chi connectivity index (χ1v) is 5.20. The third-order valence-electron chi connectivity index (χ3n) is 2.03. The lowest BCUT2D eigenvalue weighted by Crippen LogP contribution is -2.28. The Bertz CT molecular complexity index is 148. The molecule has 0 aromatic rings. The molecule has 0 rings (SSSR count). The van der Waals surface area contributed by atoms with Gasteiger partial charge in [-0.25, -0.2) is 0 Å². The molecule has 14 heavy (non-hydrogen) atoms. The summed E-state index contributed by atoms with van der Waals surface area (Å²) in [5.74, 6) is 0.796. The second kappa shape index (κ2) is 9.03. The molecule has 0 aromatic heterocycles. The highest BCUT2D eigenvalue weighted by atomic mass is 16.5. The van der Waals surface area contributed by atoms with Crippen LogP contribution in [0.5, 0.6) is 0 Å². The van der Waals surface area contributed by atoms with Crippen molar-refractivity contribution in [1.29, 1.82) is 0 Å². The average molecular weight is 201 g/mol. The molecular formula is C11H23NO2. The molecule has 0 heterocycles. The van der Waals surface area contributed by atoms with Gasteiger partial charge in [-0.15, -0.1) is 0 Å². The Morgan fingerprint density at radius 2 is 2.00 bits per heavy atom. The number of hydrogen-bond donors (Lipinski definition) is 0. The van der Waals surface area contributed by atoms with Gasteiger partial charge in [-0.2, -0.15) is 0 Å². The molecule has 0 spiro atoms. The molecule has 0 saturated carbocycles. The molecule has 0 radical (unpaired) electrons. The fourth-order valence-electron chi connectivity index (χ4n) is 1.18. The Labute approximate surface area is 87.7 Å². The minimum Gasteiger partial charge on any atom is -0.499 e. The van der Waals surface area contributed by atoms with E-state index in [0.717, 1.165) is 45.0 Å². The van der Waals surface area contributed by atoms with Crippen LogP contribution in [0.4, 0.5) is 0 Å². The highest BCUT2D eigenvalue weighted by molar-refractivity contribution is 4.73. The van der Waals surface area contributed by atoms with Crippen molar-refractivity contribution in [1.82, 2.24) is 4.90 Å². The SMILES string of the molecule is C=C(C)OCCCN(CC)CCOC. The van der Waals surface area contributed by atoms with E-state index in [-0.39, 0.29) is 0 Å². The van der Waals surface area contributed by atoms with Crippen molar-refractivity contribution in [3.8, 4) is 0 Å². The van der Waals surface area contributed by atoms with Gasteiger partial charge in [0, 0.05) is 20.2 Å². The van der Waals surface area contributed by atoms with Gasteiger partial charge >= 0.3 is 0 Å². The predicted molar refractivity (Wildman–Crippen MR) is 59.4 cm³/mol. The van der Waals surface area contributed by atoms with Gasteiger partial charge in [0.05, 0.1) is 19.0 Å². The first kappa shape index (κ1) is 13.5. The van der Waals surface area contributed by atoms with Crippen molar-refractivity contribution < 1.29 is 9.47 Å². The number of likely N-dealkylation sites (N-methyl/N-ethyl adjacent to an activating group) is 1. The molecule has 0 unspecified atom stereocenters. The molecule has 0 N–H and O–H groups in total. The Hall–Kier alpha value is -0.540. The lowest BCUT2D eigenvalue weighted by Gasteiger charge is -2.19. The standard InChI is InChI=1S/C11H23NO2/c1-5-12(8-10-13-4)7-6-9-14-11(2)3/h2,5-10H2,1,3-4H3. The summed E-state index contributed by atoms with van der Waals surface area (Å²) >= 11 is 0. The monoisotopic (exact) mass is 201 g/mol. The first-order valence-electron chi connectivity index (χ1n) is 5.20. The van der Waals surface area contributed by atoms with Crippen LogP contribution in [-0.2, 0) is 9.47 Å². The molecule has 0 atom stereocenters. The number of methoxy groups -OCH3 is 1. The van der Waals surface area contributed by atoms with Crippen LogP contribution >= 0.6 is 0 Å². The van der Waals surface area contributed by atoms with Gasteiger partial charge < -0.3 is 14.4 Å². The molecule has 3 heteroatoms. The smallest absolute Gasteiger partial charge is 0.0889 e. The van der Waals surface area contributed by atoms with Gasteiger partial charge in [0.2, 0.25) is 0 Å². The first-order chi connectivity index (χ1) is 6.70. The third kappa shape index (κ3) is 8.08. The van der Waals surface area contributed by atoms with E-state index in [1.165, 1.54) is 0 Å². The van der Waals surface area contributed by atoms with Gasteiger partial charge in [0.15, 0.2) is 0 Å². The van der Waals surface area contributed by atoms with Crippen molar-refractivity contribution in [2.45, 2.75) is 20.3 Å². The normalized spacial score (nSPS) is 10.6. The largest absolute Gasteiger partial charge is 0.499 e. The van der Waals surface area contributed by atoms with Crippen LogP contribution in [-0.4, -0.2) is 44.9 Å². The van der Waals surface area contributed by atoms with Crippen LogP contribution in [0.2, 0.25) is 0 Å². The second-order valence-electron chi connectivity index (χ2n) is 3.33. The molecule has 0 aromatic carbocycles. The summed E-state index contributed by atoms with van der Waals surface area (Å²) in [7, 11) is 1.73. The summed E-state index contributed by atoms with van der Waals surface area (Å²) in [6.45, 7) is 12.4. The lowest BCUT2D eigenvalue weighted by atomic mass is 10.4. The van der Waals surface area contributed by atoms with E-state index in [0.29, 0.717) is 0 Å². The maximum Gasteiger partial charge on any atom is 0.0889 e. The van der Waals surface area contributed by atoms with Crippen LogP contribution in [0.3, 0.4) is 0 Å². The number of rotatable bonds is 9. The number of allylic oxidation sites excluding steroid dienone is 1. The second-order valence-corrected chi connectivity index (χ2v) is 3.33. The fourth-order valence-corrected chi connectivity index (χ4v) is 1.18. The minimum absolute atomic E-state index is 0.763. The lowest BCUT2D eigenvalue weighted by molar-refractivity contribution is 0.139. The summed E-state index contributed by atoms with van der Waals surface area (Å²) in [5.41, 5.74) is 0. The molecule has 0 bridgehead atoms. The fraction of sp³-hybridized carbons (Fsp3) is 0.818. The van der Waals surface area contributed by atoms with E-state index in [1.807, 2.05) is 6.92 Å². The Kier molecular flexibility index (Phi) is 8.68. The summed E-state index contributed by atoms with van der Waals surface area (Å²) in [6.07, 6.45) is 1.05. The molecular weight excluding hydrogens is 178 g/mol. The van der Waals surface area contributed by atoms with Gasteiger partial charge in [0.25, 0.3) is 0 Å². The van der Waals surface area contributed by atoms with E-state index in [4.69, 9.17) is 9.47 Å². The zero-order valence-electron chi connectivity index (χ0n) is 9.71. The van der Waals surface area contributed by atoms with Gasteiger partial charge in [-0.05, 0) is 19.9 Å². The van der Waals surface area contributed by atoms with Gasteiger partial charge in [-0.3, -0.25) is 0 Å². The van der Waals surface area contributed by atoms with Crippen LogP contribution in [0.1, 0.15) is 20.3 Å². The third-order valence-corrected chi connectivity index (χ3v) is 2.03. The van der Waals surface area contributed by atoms with Crippen LogP contribution in [0.15, 0.2) is 12.3 Å². The maximum absolute atomic E-state index is 5.29. The average Bonchev–Trinajstić information content (AvgIpc) is 2.16. The van der Waals surface area contributed by atoms with Gasteiger partial charge in [-0.1, -0.05) is 13.5 Å². The molecule has 0 amide bonds. The van der Waals surface area contributed by atoms with E-state index in [9.17, 15) is 0 Å². The quantitative estimate of drug-likeness (QED) is 0.420. The van der Waals surface area contributed by atoms with E-state index >= 15 is 0 Å². The highest BCUT2D eigenvalue weighted by Gasteiger charge is 2.00. The van der Waals surface area contributed by atoms with Crippen molar-refractivity contribution in [2.24, 2.45) is 0 Å². The van der Waals surface area contributed by atoms with Crippen molar-refractivity contribution in [2.75, 3.05) is 40.0 Å². The molecule has 84 valence electrons. The molecule has 0 saturated heterocycles. The van der Waals surface area contributed by atoms with E-state index in [2.05, 4.69) is 18.4 Å². The predicted octanol–water partition coefficient (Wildman–Crippen LogP) is 1.90. The summed E-state index contributed by atoms with van der Waals surface area (Å²) in [5, 5.41) is 0. The van der Waals surface area contributed by atoms with Crippen LogP contribution in [0, 0.1) is 0 Å². The van der Waals surface area contributed by atoms with Crippen LogP contribution in [0.25, 0.3) is 0 Å². The molecule has 0 aliphatic carbocycles. The minimum atomic E-state index is 0.763. The van der Waals surface area contributed by atoms with Crippen molar-refractivity contribution in [3.63, 3.8) is 0 Å². The zero-order chi connectivity index (χ0) is 10.8. The maximum atomic E-state index is 5.29. The highest BCUT2D eigenvalue weighted by Crippen LogP contribution is 1.95. The molecule has 0 aliphatic heterocycles. The molecule has 0 fully saturated rings.